The van der Waals surface area contributed by atoms with Crippen LogP contribution in [0.25, 0.3) is 10.1 Å². The Kier molecular flexibility index (Phi) is 4.36. The first kappa shape index (κ1) is 15.3. The number of aryl methyl sites for hydroxylation is 1. The second-order valence-electron chi connectivity index (χ2n) is 5.97. The predicted octanol–water partition coefficient (Wildman–Crippen LogP) is 2.95. The Bertz CT molecular complexity index is 695. The van der Waals surface area contributed by atoms with Gasteiger partial charge >= 0.3 is 0 Å². The van der Waals surface area contributed by atoms with Gasteiger partial charge in [-0.05, 0) is 55.0 Å². The number of carbonyl (C=O) groups excluding carboxylic acids is 1. The topological polar surface area (TPSA) is 50.4 Å². The van der Waals surface area contributed by atoms with E-state index < -0.39 is 0 Å². The largest absolute Gasteiger partial charge is 0.497 e. The van der Waals surface area contributed by atoms with Gasteiger partial charge in [0.2, 0.25) is 0 Å². The molecule has 22 heavy (non-hydrogen) atoms. The number of carbonyl (C=O) groups is 1. The SMILES string of the molecule is COc1ccc2sc(C(=O)NC3CNCCC3C)c(C)c2c1. The summed E-state index contributed by atoms with van der Waals surface area (Å²) >= 11 is 1.55. The summed E-state index contributed by atoms with van der Waals surface area (Å²) < 4.78 is 6.40. The second-order valence-corrected chi connectivity index (χ2v) is 7.02. The van der Waals surface area contributed by atoms with Crippen molar-refractivity contribution in [2.75, 3.05) is 20.2 Å². The molecular weight excluding hydrogens is 296 g/mol. The molecule has 3 rings (SSSR count). The van der Waals surface area contributed by atoms with E-state index in [1.807, 2.05) is 25.1 Å². The third kappa shape index (κ3) is 2.83. The van der Waals surface area contributed by atoms with Crippen LogP contribution in [0.3, 0.4) is 0 Å². The summed E-state index contributed by atoms with van der Waals surface area (Å²) in [5, 5.41) is 7.64. The van der Waals surface area contributed by atoms with Crippen LogP contribution in [-0.4, -0.2) is 32.1 Å². The van der Waals surface area contributed by atoms with Crippen LogP contribution in [-0.2, 0) is 0 Å². The Morgan fingerprint density at radius 2 is 2.27 bits per heavy atom. The lowest BCUT2D eigenvalue weighted by atomic mass is 9.95. The predicted molar refractivity (Wildman–Crippen MR) is 91.0 cm³/mol. The van der Waals surface area contributed by atoms with Crippen molar-refractivity contribution >= 4 is 27.3 Å². The Labute approximate surface area is 134 Å². The smallest absolute Gasteiger partial charge is 0.261 e. The number of piperidine rings is 1. The van der Waals surface area contributed by atoms with Gasteiger partial charge in [0.25, 0.3) is 5.91 Å². The van der Waals surface area contributed by atoms with Crippen molar-refractivity contribution in [2.24, 2.45) is 5.92 Å². The monoisotopic (exact) mass is 318 g/mol. The molecule has 0 radical (unpaired) electrons. The average Bonchev–Trinajstić information content (AvgIpc) is 2.86. The van der Waals surface area contributed by atoms with E-state index in [4.69, 9.17) is 4.74 Å². The van der Waals surface area contributed by atoms with Crippen LogP contribution in [0.1, 0.15) is 28.6 Å². The molecule has 0 bridgehead atoms. The van der Waals surface area contributed by atoms with E-state index in [0.717, 1.165) is 45.8 Å². The van der Waals surface area contributed by atoms with Crippen molar-refractivity contribution in [3.05, 3.63) is 28.6 Å². The van der Waals surface area contributed by atoms with E-state index in [1.165, 1.54) is 0 Å². The van der Waals surface area contributed by atoms with Gasteiger partial charge in [-0.1, -0.05) is 6.92 Å². The Morgan fingerprint density at radius 3 is 3.00 bits per heavy atom. The van der Waals surface area contributed by atoms with Crippen LogP contribution in [0.15, 0.2) is 18.2 Å². The summed E-state index contributed by atoms with van der Waals surface area (Å²) in [6.07, 6.45) is 1.10. The summed E-state index contributed by atoms with van der Waals surface area (Å²) in [4.78, 5) is 13.5. The minimum atomic E-state index is 0.0400. The van der Waals surface area contributed by atoms with E-state index in [-0.39, 0.29) is 11.9 Å². The number of nitrogens with one attached hydrogen (secondary N) is 2. The van der Waals surface area contributed by atoms with E-state index in [0.29, 0.717) is 5.92 Å². The Balaban J connectivity index is 1.86. The number of hydrogen-bond acceptors (Lipinski definition) is 4. The number of fused-ring (bicyclic) bond motifs is 1. The molecule has 0 aliphatic carbocycles. The van der Waals surface area contributed by atoms with Crippen LogP contribution in [0, 0.1) is 12.8 Å². The molecule has 2 unspecified atom stereocenters. The first-order valence-corrected chi connectivity index (χ1v) is 8.50. The number of methoxy groups -OCH3 is 1. The zero-order valence-corrected chi connectivity index (χ0v) is 14.0. The first-order chi connectivity index (χ1) is 10.6. The fourth-order valence-corrected chi connectivity index (χ4v) is 4.05. The maximum atomic E-state index is 12.6. The van der Waals surface area contributed by atoms with Crippen LogP contribution in [0.5, 0.6) is 5.75 Å². The summed E-state index contributed by atoms with van der Waals surface area (Å²) in [6.45, 7) is 6.10. The van der Waals surface area contributed by atoms with Gasteiger partial charge in [0.05, 0.1) is 12.0 Å². The van der Waals surface area contributed by atoms with Gasteiger partial charge in [-0.2, -0.15) is 0 Å². The zero-order chi connectivity index (χ0) is 15.7. The first-order valence-electron chi connectivity index (χ1n) is 7.69. The molecule has 1 saturated heterocycles. The minimum absolute atomic E-state index is 0.0400. The number of thiophene rings is 1. The van der Waals surface area contributed by atoms with Crippen LogP contribution >= 0.6 is 11.3 Å². The summed E-state index contributed by atoms with van der Waals surface area (Å²) in [5.41, 5.74) is 1.04. The van der Waals surface area contributed by atoms with Crippen molar-refractivity contribution < 1.29 is 9.53 Å². The molecule has 2 aromatic rings. The maximum absolute atomic E-state index is 12.6. The van der Waals surface area contributed by atoms with Crippen molar-refractivity contribution in [2.45, 2.75) is 26.3 Å². The van der Waals surface area contributed by atoms with Crippen LogP contribution in [0.2, 0.25) is 0 Å². The zero-order valence-electron chi connectivity index (χ0n) is 13.2. The quantitative estimate of drug-likeness (QED) is 0.915. The molecule has 2 N–H and O–H groups in total. The van der Waals surface area contributed by atoms with Gasteiger partial charge in [-0.3, -0.25) is 4.79 Å². The van der Waals surface area contributed by atoms with Crippen molar-refractivity contribution in [3.63, 3.8) is 0 Å². The fourth-order valence-electron chi connectivity index (χ4n) is 2.96. The fraction of sp³-hybridized carbons (Fsp3) is 0.471. The highest BCUT2D eigenvalue weighted by Crippen LogP contribution is 2.33. The second kappa shape index (κ2) is 6.26. The molecule has 1 aromatic heterocycles. The molecule has 0 spiro atoms. The highest BCUT2D eigenvalue weighted by molar-refractivity contribution is 7.21. The van der Waals surface area contributed by atoms with Gasteiger partial charge in [-0.15, -0.1) is 11.3 Å². The molecule has 4 nitrogen and oxygen atoms in total. The molecule has 118 valence electrons. The normalized spacial score (nSPS) is 21.8. The van der Waals surface area contributed by atoms with Gasteiger partial charge < -0.3 is 15.4 Å². The number of amides is 1. The molecule has 1 fully saturated rings. The minimum Gasteiger partial charge on any atom is -0.497 e. The molecule has 2 atom stereocenters. The molecule has 1 aliphatic heterocycles. The van der Waals surface area contributed by atoms with Gasteiger partial charge in [0, 0.05) is 17.3 Å². The van der Waals surface area contributed by atoms with Crippen molar-refractivity contribution in [3.8, 4) is 5.75 Å². The summed E-state index contributed by atoms with van der Waals surface area (Å²) in [6, 6.07) is 6.17. The lowest BCUT2D eigenvalue weighted by molar-refractivity contribution is 0.0919. The number of ether oxygens (including phenoxy) is 1. The summed E-state index contributed by atoms with van der Waals surface area (Å²) in [7, 11) is 1.66. The van der Waals surface area contributed by atoms with Gasteiger partial charge in [0.1, 0.15) is 5.75 Å². The molecule has 1 aliphatic rings. The molecule has 2 heterocycles. The van der Waals surface area contributed by atoms with Gasteiger partial charge in [-0.25, -0.2) is 0 Å². The maximum Gasteiger partial charge on any atom is 0.261 e. The van der Waals surface area contributed by atoms with E-state index in [1.54, 1.807) is 18.4 Å². The highest BCUT2D eigenvalue weighted by Gasteiger charge is 2.25. The molecular formula is C17H22N2O2S. The highest BCUT2D eigenvalue weighted by atomic mass is 32.1. The molecule has 1 amide bonds. The van der Waals surface area contributed by atoms with E-state index in [9.17, 15) is 4.79 Å². The molecule has 1 aromatic carbocycles. The van der Waals surface area contributed by atoms with Crippen molar-refractivity contribution in [1.82, 2.24) is 10.6 Å². The third-order valence-corrected chi connectivity index (χ3v) is 5.77. The van der Waals surface area contributed by atoms with E-state index in [2.05, 4.69) is 17.6 Å². The average molecular weight is 318 g/mol. The van der Waals surface area contributed by atoms with Crippen LogP contribution in [0.4, 0.5) is 0 Å². The Hall–Kier alpha value is -1.59. The molecule has 5 heteroatoms. The summed E-state index contributed by atoms with van der Waals surface area (Å²) in [5.74, 6) is 1.38. The lowest BCUT2D eigenvalue weighted by Crippen LogP contribution is -2.50. The van der Waals surface area contributed by atoms with Gasteiger partial charge in [0.15, 0.2) is 0 Å². The van der Waals surface area contributed by atoms with Crippen molar-refractivity contribution in [1.29, 1.82) is 0 Å². The lowest BCUT2D eigenvalue weighted by Gasteiger charge is -2.30. The van der Waals surface area contributed by atoms with Crippen LogP contribution < -0.4 is 15.4 Å². The number of rotatable bonds is 3. The Morgan fingerprint density at radius 1 is 1.45 bits per heavy atom. The number of hydrogen-bond donors (Lipinski definition) is 2. The number of benzene rings is 1. The standard InChI is InChI=1S/C17H22N2O2S/c1-10-6-7-18-9-14(10)19-17(20)16-11(2)13-8-12(21-3)4-5-15(13)22-16/h4-5,8,10,14,18H,6-7,9H2,1-3H3,(H,19,20). The van der Waals surface area contributed by atoms with E-state index >= 15 is 0 Å². The third-order valence-electron chi connectivity index (χ3n) is 4.49. The molecule has 0 saturated carbocycles.